The molecule has 2 fully saturated rings. The van der Waals surface area contributed by atoms with Crippen LogP contribution < -0.4 is 0 Å². The molecule has 0 unspecified atom stereocenters. The Kier molecular flexibility index (Phi) is 2.74. The van der Waals surface area contributed by atoms with E-state index in [1.807, 2.05) is 0 Å². The van der Waals surface area contributed by atoms with Crippen LogP contribution in [0.15, 0.2) is 0 Å². The van der Waals surface area contributed by atoms with E-state index in [1.165, 1.54) is 0 Å². The van der Waals surface area contributed by atoms with E-state index in [-0.39, 0.29) is 0 Å². The standard InChI is InChI=1S/C14H18O2/c1-13(15,11-5-6-11)9-3-4-10-14(2,16)12-7-8-12/h11-12,15-16H,5-8H2,1-2H3/t13-,14-/m0/s1. The molecule has 0 radical (unpaired) electrons. The van der Waals surface area contributed by atoms with E-state index in [2.05, 4.69) is 23.7 Å². The van der Waals surface area contributed by atoms with E-state index in [0.717, 1.165) is 25.7 Å². The highest BCUT2D eigenvalue weighted by molar-refractivity contribution is 5.34. The Morgan fingerprint density at radius 3 is 1.38 bits per heavy atom. The molecule has 2 atom stereocenters. The van der Waals surface area contributed by atoms with Gasteiger partial charge in [0.05, 0.1) is 0 Å². The molecule has 0 spiro atoms. The fourth-order valence-electron chi connectivity index (χ4n) is 1.81. The van der Waals surface area contributed by atoms with Gasteiger partial charge < -0.3 is 10.2 Å². The van der Waals surface area contributed by atoms with Gasteiger partial charge in [-0.15, -0.1) is 0 Å². The van der Waals surface area contributed by atoms with Crippen LogP contribution in [0.1, 0.15) is 39.5 Å². The second kappa shape index (κ2) is 3.81. The fraction of sp³-hybridized carbons (Fsp3) is 0.714. The second-order valence-corrected chi connectivity index (χ2v) is 5.34. The van der Waals surface area contributed by atoms with E-state index in [1.54, 1.807) is 13.8 Å². The Balaban J connectivity index is 1.95. The molecule has 16 heavy (non-hydrogen) atoms. The Labute approximate surface area is 97.1 Å². The largest absolute Gasteiger partial charge is 0.378 e. The van der Waals surface area contributed by atoms with Crippen molar-refractivity contribution in [2.24, 2.45) is 11.8 Å². The van der Waals surface area contributed by atoms with Crippen molar-refractivity contribution >= 4 is 0 Å². The van der Waals surface area contributed by atoms with Crippen molar-refractivity contribution in [3.8, 4) is 23.7 Å². The molecule has 2 heteroatoms. The molecular formula is C14H18O2. The first kappa shape index (κ1) is 11.5. The third-order valence-corrected chi connectivity index (χ3v) is 3.44. The van der Waals surface area contributed by atoms with Crippen molar-refractivity contribution in [2.75, 3.05) is 0 Å². The molecule has 0 aliphatic heterocycles. The van der Waals surface area contributed by atoms with E-state index in [9.17, 15) is 10.2 Å². The van der Waals surface area contributed by atoms with E-state index < -0.39 is 11.2 Å². The summed E-state index contributed by atoms with van der Waals surface area (Å²) in [4.78, 5) is 0. The van der Waals surface area contributed by atoms with Crippen molar-refractivity contribution in [1.82, 2.24) is 0 Å². The van der Waals surface area contributed by atoms with Gasteiger partial charge in [-0.25, -0.2) is 0 Å². The molecule has 2 aliphatic carbocycles. The quantitative estimate of drug-likeness (QED) is 0.686. The third-order valence-electron chi connectivity index (χ3n) is 3.44. The second-order valence-electron chi connectivity index (χ2n) is 5.34. The molecule has 0 aromatic heterocycles. The summed E-state index contributed by atoms with van der Waals surface area (Å²) < 4.78 is 0. The van der Waals surface area contributed by atoms with Gasteiger partial charge in [-0.3, -0.25) is 0 Å². The lowest BCUT2D eigenvalue weighted by Gasteiger charge is -2.14. The molecule has 0 saturated heterocycles. The predicted octanol–water partition coefficient (Wildman–Crippen LogP) is 1.32. The first-order chi connectivity index (χ1) is 7.42. The monoisotopic (exact) mass is 218 g/mol. The predicted molar refractivity (Wildman–Crippen MR) is 62.2 cm³/mol. The summed E-state index contributed by atoms with van der Waals surface area (Å²) in [6.07, 6.45) is 4.20. The Bertz CT molecular complexity index is 350. The SMILES string of the molecule is C[C@](O)(C#CC#C[C@](C)(O)C1CC1)C1CC1. The van der Waals surface area contributed by atoms with Crippen molar-refractivity contribution in [2.45, 2.75) is 50.7 Å². The van der Waals surface area contributed by atoms with Gasteiger partial charge in [-0.05, 0) is 63.2 Å². The highest BCUT2D eigenvalue weighted by atomic mass is 16.3. The first-order valence-corrected chi connectivity index (χ1v) is 5.91. The lowest BCUT2D eigenvalue weighted by molar-refractivity contribution is 0.0971. The lowest BCUT2D eigenvalue weighted by atomic mass is 10.0. The minimum absolute atomic E-state index is 0.311. The summed E-state index contributed by atoms with van der Waals surface area (Å²) in [5, 5.41) is 19.8. The van der Waals surface area contributed by atoms with Gasteiger partial charge in [-0.1, -0.05) is 11.8 Å². The molecule has 2 nitrogen and oxygen atoms in total. The Morgan fingerprint density at radius 1 is 0.812 bits per heavy atom. The number of hydrogen-bond acceptors (Lipinski definition) is 2. The minimum Gasteiger partial charge on any atom is -0.378 e. The summed E-state index contributed by atoms with van der Waals surface area (Å²) in [7, 11) is 0. The molecule has 2 aliphatic rings. The van der Waals surface area contributed by atoms with Crippen molar-refractivity contribution in [3.63, 3.8) is 0 Å². The Hall–Kier alpha value is -0.960. The summed E-state index contributed by atoms with van der Waals surface area (Å²) >= 11 is 0. The zero-order valence-corrected chi connectivity index (χ0v) is 9.88. The summed E-state index contributed by atoms with van der Waals surface area (Å²) in [5.41, 5.74) is -1.81. The lowest BCUT2D eigenvalue weighted by Crippen LogP contribution is -2.24. The molecule has 0 amide bonds. The molecule has 2 saturated carbocycles. The molecular weight excluding hydrogens is 200 g/mol. The number of aliphatic hydroxyl groups is 2. The van der Waals surface area contributed by atoms with Crippen LogP contribution in [-0.4, -0.2) is 21.4 Å². The fourth-order valence-corrected chi connectivity index (χ4v) is 1.81. The van der Waals surface area contributed by atoms with Crippen LogP contribution in [0, 0.1) is 35.5 Å². The molecule has 2 rings (SSSR count). The third kappa shape index (κ3) is 2.79. The average molecular weight is 218 g/mol. The molecule has 0 heterocycles. The maximum absolute atomic E-state index is 9.90. The van der Waals surface area contributed by atoms with Crippen LogP contribution in [0.25, 0.3) is 0 Å². The summed E-state index contributed by atoms with van der Waals surface area (Å²) in [6.45, 7) is 3.47. The van der Waals surface area contributed by atoms with Crippen molar-refractivity contribution in [1.29, 1.82) is 0 Å². The van der Waals surface area contributed by atoms with Gasteiger partial charge >= 0.3 is 0 Å². The first-order valence-electron chi connectivity index (χ1n) is 5.91. The van der Waals surface area contributed by atoms with Crippen LogP contribution in [0.3, 0.4) is 0 Å². The summed E-state index contributed by atoms with van der Waals surface area (Å²) in [5.74, 6) is 11.5. The van der Waals surface area contributed by atoms with Gasteiger partial charge in [0.2, 0.25) is 0 Å². The highest BCUT2D eigenvalue weighted by Crippen LogP contribution is 2.39. The van der Waals surface area contributed by atoms with Crippen molar-refractivity contribution < 1.29 is 10.2 Å². The van der Waals surface area contributed by atoms with E-state index in [4.69, 9.17) is 0 Å². The van der Waals surface area contributed by atoms with Crippen LogP contribution in [-0.2, 0) is 0 Å². The van der Waals surface area contributed by atoms with Crippen LogP contribution >= 0.6 is 0 Å². The van der Waals surface area contributed by atoms with Crippen LogP contribution in [0.2, 0.25) is 0 Å². The average Bonchev–Trinajstić information content (AvgIpc) is 3.06. The van der Waals surface area contributed by atoms with Gasteiger partial charge in [0.15, 0.2) is 0 Å². The molecule has 0 bridgehead atoms. The smallest absolute Gasteiger partial charge is 0.126 e. The van der Waals surface area contributed by atoms with Crippen LogP contribution in [0.4, 0.5) is 0 Å². The topological polar surface area (TPSA) is 40.5 Å². The highest BCUT2D eigenvalue weighted by Gasteiger charge is 2.39. The minimum atomic E-state index is -0.903. The zero-order chi connectivity index (χ0) is 11.8. The van der Waals surface area contributed by atoms with Crippen molar-refractivity contribution in [3.05, 3.63) is 0 Å². The van der Waals surface area contributed by atoms with Gasteiger partial charge in [0.25, 0.3) is 0 Å². The maximum atomic E-state index is 9.90. The van der Waals surface area contributed by atoms with Crippen LogP contribution in [0.5, 0.6) is 0 Å². The molecule has 2 N–H and O–H groups in total. The number of hydrogen-bond donors (Lipinski definition) is 2. The normalized spacial score (nSPS) is 26.5. The van der Waals surface area contributed by atoms with Gasteiger partial charge in [-0.2, -0.15) is 0 Å². The zero-order valence-electron chi connectivity index (χ0n) is 9.88. The number of rotatable bonds is 2. The molecule has 86 valence electrons. The molecule has 0 aromatic rings. The van der Waals surface area contributed by atoms with Gasteiger partial charge in [0.1, 0.15) is 11.2 Å². The molecule has 0 aromatic carbocycles. The van der Waals surface area contributed by atoms with Gasteiger partial charge in [0, 0.05) is 0 Å². The van der Waals surface area contributed by atoms with E-state index >= 15 is 0 Å². The summed E-state index contributed by atoms with van der Waals surface area (Å²) in [6, 6.07) is 0. The maximum Gasteiger partial charge on any atom is 0.126 e. The Morgan fingerprint density at radius 2 is 1.12 bits per heavy atom. The van der Waals surface area contributed by atoms with E-state index in [0.29, 0.717) is 11.8 Å².